The molecule has 0 aromatic heterocycles. The number of ether oxygens (including phenoxy) is 2. The van der Waals surface area contributed by atoms with Gasteiger partial charge in [0.25, 0.3) is 0 Å². The van der Waals surface area contributed by atoms with E-state index in [9.17, 15) is 4.79 Å². The summed E-state index contributed by atoms with van der Waals surface area (Å²) in [6.07, 6.45) is 3.36. The summed E-state index contributed by atoms with van der Waals surface area (Å²) in [6.45, 7) is 3.27. The third kappa shape index (κ3) is 4.50. The number of methoxy groups -OCH3 is 1. The van der Waals surface area contributed by atoms with Crippen molar-refractivity contribution in [1.82, 2.24) is 0 Å². The zero-order valence-corrected chi connectivity index (χ0v) is 15.7. The van der Waals surface area contributed by atoms with Crippen LogP contribution in [0, 0.1) is 0 Å². The molecule has 2 aromatic rings. The molecular formula is C20H20BrNO3. The monoisotopic (exact) mass is 401 g/mol. The molecule has 0 N–H and O–H groups in total. The number of carbonyl (C=O) groups is 1. The number of halogens is 1. The van der Waals surface area contributed by atoms with Crippen molar-refractivity contribution in [3.05, 3.63) is 64.1 Å². The second kappa shape index (κ2) is 8.32. The molecule has 3 rings (SSSR count). The van der Waals surface area contributed by atoms with Gasteiger partial charge in [0.05, 0.1) is 20.3 Å². The number of nitrogens with zero attached hydrogens (tertiary/aromatic N) is 1. The van der Waals surface area contributed by atoms with Crippen LogP contribution in [0.25, 0.3) is 6.08 Å². The van der Waals surface area contributed by atoms with Crippen LogP contribution < -0.4 is 9.64 Å². The maximum Gasteiger partial charge on any atom is 0.185 e. The summed E-state index contributed by atoms with van der Waals surface area (Å²) in [6, 6.07) is 13.4. The number of allylic oxidation sites excluding steroid dienone is 1. The van der Waals surface area contributed by atoms with Gasteiger partial charge in [-0.25, -0.2) is 0 Å². The standard InChI is InChI=1S/C20H20BrNO3/c1-24-20-9-5-17(21)14-16(20)4-8-19(23)15-2-6-18(7-3-15)22-10-12-25-13-11-22/h2-9,14H,10-13H2,1H3/b8-4+. The van der Waals surface area contributed by atoms with Gasteiger partial charge in [0, 0.05) is 34.4 Å². The normalized spacial score (nSPS) is 14.7. The molecule has 1 saturated heterocycles. The Balaban J connectivity index is 1.72. The summed E-state index contributed by atoms with van der Waals surface area (Å²) in [5.41, 5.74) is 2.65. The fraction of sp³-hybridized carbons (Fsp3) is 0.250. The third-order valence-electron chi connectivity index (χ3n) is 4.13. The summed E-state index contributed by atoms with van der Waals surface area (Å²) < 4.78 is 11.6. The summed E-state index contributed by atoms with van der Waals surface area (Å²) in [5, 5.41) is 0. The molecular weight excluding hydrogens is 382 g/mol. The lowest BCUT2D eigenvalue weighted by molar-refractivity contribution is 0.104. The second-order valence-electron chi connectivity index (χ2n) is 5.73. The van der Waals surface area contributed by atoms with E-state index < -0.39 is 0 Å². The first-order valence-electron chi connectivity index (χ1n) is 8.16. The lowest BCUT2D eigenvalue weighted by atomic mass is 10.1. The molecule has 4 nitrogen and oxygen atoms in total. The molecule has 130 valence electrons. The van der Waals surface area contributed by atoms with E-state index in [0.29, 0.717) is 5.56 Å². The van der Waals surface area contributed by atoms with E-state index in [2.05, 4.69) is 20.8 Å². The minimum Gasteiger partial charge on any atom is -0.496 e. The van der Waals surface area contributed by atoms with Crippen LogP contribution in [-0.4, -0.2) is 39.2 Å². The second-order valence-corrected chi connectivity index (χ2v) is 6.65. The molecule has 0 unspecified atom stereocenters. The molecule has 0 spiro atoms. The minimum atomic E-state index is -0.0319. The van der Waals surface area contributed by atoms with Crippen LogP contribution in [0.4, 0.5) is 5.69 Å². The molecule has 1 aliphatic rings. The van der Waals surface area contributed by atoms with Gasteiger partial charge in [-0.05, 0) is 54.6 Å². The Labute approximate surface area is 156 Å². The van der Waals surface area contributed by atoms with Gasteiger partial charge in [0.1, 0.15) is 5.75 Å². The SMILES string of the molecule is COc1ccc(Br)cc1/C=C/C(=O)c1ccc(N2CCOCC2)cc1. The first-order valence-corrected chi connectivity index (χ1v) is 8.95. The number of hydrogen-bond donors (Lipinski definition) is 0. The summed E-state index contributed by atoms with van der Waals surface area (Å²) in [5.74, 6) is 0.700. The summed E-state index contributed by atoms with van der Waals surface area (Å²) in [7, 11) is 1.62. The molecule has 2 aromatic carbocycles. The van der Waals surface area contributed by atoms with Crippen molar-refractivity contribution in [3.63, 3.8) is 0 Å². The Morgan fingerprint density at radius 1 is 1.16 bits per heavy atom. The molecule has 25 heavy (non-hydrogen) atoms. The van der Waals surface area contributed by atoms with Crippen LogP contribution in [0.3, 0.4) is 0 Å². The van der Waals surface area contributed by atoms with Crippen LogP contribution in [0.1, 0.15) is 15.9 Å². The zero-order chi connectivity index (χ0) is 17.6. The average molecular weight is 402 g/mol. The zero-order valence-electron chi connectivity index (χ0n) is 14.1. The quantitative estimate of drug-likeness (QED) is 0.556. The highest BCUT2D eigenvalue weighted by Gasteiger charge is 2.11. The van der Waals surface area contributed by atoms with E-state index >= 15 is 0 Å². The van der Waals surface area contributed by atoms with Crippen LogP contribution in [0.5, 0.6) is 5.75 Å². The predicted octanol–water partition coefficient (Wildman–Crippen LogP) is 4.19. The topological polar surface area (TPSA) is 38.8 Å². The van der Waals surface area contributed by atoms with Gasteiger partial charge in [-0.2, -0.15) is 0 Å². The molecule has 1 heterocycles. The van der Waals surface area contributed by atoms with Crippen molar-refractivity contribution in [1.29, 1.82) is 0 Å². The van der Waals surface area contributed by atoms with E-state index in [0.717, 1.165) is 47.8 Å². The van der Waals surface area contributed by atoms with Gasteiger partial charge >= 0.3 is 0 Å². The van der Waals surface area contributed by atoms with E-state index in [1.54, 1.807) is 19.3 Å². The molecule has 1 fully saturated rings. The van der Waals surface area contributed by atoms with Crippen molar-refractivity contribution in [2.24, 2.45) is 0 Å². The van der Waals surface area contributed by atoms with Crippen LogP contribution in [0.2, 0.25) is 0 Å². The Morgan fingerprint density at radius 3 is 2.56 bits per heavy atom. The Kier molecular flexibility index (Phi) is 5.89. The van der Waals surface area contributed by atoms with Crippen molar-refractivity contribution < 1.29 is 14.3 Å². The minimum absolute atomic E-state index is 0.0319. The predicted molar refractivity (Wildman–Crippen MR) is 104 cm³/mol. The number of ketones is 1. The maximum absolute atomic E-state index is 12.4. The van der Waals surface area contributed by atoms with Gasteiger partial charge in [0.2, 0.25) is 0 Å². The van der Waals surface area contributed by atoms with Crippen molar-refractivity contribution in [2.45, 2.75) is 0 Å². The Morgan fingerprint density at radius 2 is 1.88 bits per heavy atom. The lowest BCUT2D eigenvalue weighted by Gasteiger charge is -2.28. The molecule has 0 saturated carbocycles. The van der Waals surface area contributed by atoms with Gasteiger partial charge in [-0.3, -0.25) is 4.79 Å². The van der Waals surface area contributed by atoms with E-state index in [-0.39, 0.29) is 5.78 Å². The highest BCUT2D eigenvalue weighted by molar-refractivity contribution is 9.10. The number of hydrogen-bond acceptors (Lipinski definition) is 4. The summed E-state index contributed by atoms with van der Waals surface area (Å²) >= 11 is 3.44. The Hall–Kier alpha value is -2.11. The van der Waals surface area contributed by atoms with Gasteiger partial charge in [0.15, 0.2) is 5.78 Å². The molecule has 0 amide bonds. The van der Waals surface area contributed by atoms with Crippen molar-refractivity contribution in [3.8, 4) is 5.75 Å². The fourth-order valence-corrected chi connectivity index (χ4v) is 3.13. The highest BCUT2D eigenvalue weighted by Crippen LogP contribution is 2.24. The van der Waals surface area contributed by atoms with Gasteiger partial charge < -0.3 is 14.4 Å². The molecule has 0 radical (unpaired) electrons. The van der Waals surface area contributed by atoms with Gasteiger partial charge in [-0.15, -0.1) is 0 Å². The number of benzene rings is 2. The number of anilines is 1. The van der Waals surface area contributed by atoms with E-state index in [1.807, 2.05) is 42.5 Å². The molecule has 5 heteroatoms. The van der Waals surface area contributed by atoms with Crippen LogP contribution in [-0.2, 0) is 4.74 Å². The number of carbonyl (C=O) groups excluding carboxylic acids is 1. The van der Waals surface area contributed by atoms with Crippen LogP contribution in [0.15, 0.2) is 53.0 Å². The molecule has 1 aliphatic heterocycles. The highest BCUT2D eigenvalue weighted by atomic mass is 79.9. The van der Waals surface area contributed by atoms with E-state index in [4.69, 9.17) is 9.47 Å². The average Bonchev–Trinajstić information content (AvgIpc) is 2.67. The maximum atomic E-state index is 12.4. The third-order valence-corrected chi connectivity index (χ3v) is 4.63. The van der Waals surface area contributed by atoms with E-state index in [1.165, 1.54) is 0 Å². The smallest absolute Gasteiger partial charge is 0.185 e. The molecule has 0 bridgehead atoms. The van der Waals surface area contributed by atoms with Gasteiger partial charge in [-0.1, -0.05) is 15.9 Å². The van der Waals surface area contributed by atoms with Crippen LogP contribution >= 0.6 is 15.9 Å². The largest absolute Gasteiger partial charge is 0.496 e. The first-order chi connectivity index (χ1) is 12.2. The van der Waals surface area contributed by atoms with Crippen molar-refractivity contribution in [2.75, 3.05) is 38.3 Å². The molecule has 0 aliphatic carbocycles. The molecule has 0 atom stereocenters. The summed E-state index contributed by atoms with van der Waals surface area (Å²) in [4.78, 5) is 14.7. The Bertz CT molecular complexity index is 765. The number of rotatable bonds is 5. The van der Waals surface area contributed by atoms with Crippen molar-refractivity contribution >= 4 is 33.5 Å². The fourth-order valence-electron chi connectivity index (χ4n) is 2.76. The number of morpholine rings is 1. The first kappa shape index (κ1) is 17.7. The lowest BCUT2D eigenvalue weighted by Crippen LogP contribution is -2.36.